The first-order chi connectivity index (χ1) is 13.6. The van der Waals surface area contributed by atoms with Crippen LogP contribution in [0.25, 0.3) is 11.4 Å². The predicted molar refractivity (Wildman–Crippen MR) is 100 cm³/mol. The molecule has 9 heteroatoms. The molecule has 4 rings (SSSR count). The molecule has 148 valence electrons. The molecule has 2 heterocycles. The summed E-state index contributed by atoms with van der Waals surface area (Å²) in [7, 11) is 1.63. The number of rotatable bonds is 7. The van der Waals surface area contributed by atoms with E-state index in [1.54, 1.807) is 25.3 Å². The van der Waals surface area contributed by atoms with E-state index in [1.807, 2.05) is 0 Å². The predicted octanol–water partition coefficient (Wildman–Crippen LogP) is 4.05. The molecule has 0 bridgehead atoms. The Hall–Kier alpha value is -2.58. The lowest BCUT2D eigenvalue weighted by molar-refractivity contribution is 0.176. The molecule has 0 radical (unpaired) electrons. The Bertz CT molecular complexity index is 1000. The minimum Gasteiger partial charge on any atom is -0.486 e. The molecule has 1 N–H and O–H groups in total. The minimum atomic E-state index is -0.638. The maximum absolute atomic E-state index is 11.1. The number of nitrogens with one attached hydrogen (secondary N) is 1. The largest absolute Gasteiger partial charge is 0.486 e. The summed E-state index contributed by atoms with van der Waals surface area (Å²) in [6, 6.07) is 5.08. The van der Waals surface area contributed by atoms with Gasteiger partial charge in [-0.05, 0) is 31.0 Å². The van der Waals surface area contributed by atoms with Gasteiger partial charge in [0.15, 0.2) is 17.5 Å². The van der Waals surface area contributed by atoms with Crippen LogP contribution >= 0.6 is 11.6 Å². The van der Waals surface area contributed by atoms with E-state index in [2.05, 4.69) is 19.6 Å². The highest BCUT2D eigenvalue weighted by Gasteiger charge is 2.24. The fourth-order valence-corrected chi connectivity index (χ4v) is 3.65. The first-order valence-corrected chi connectivity index (χ1v) is 9.48. The number of nitrogens with zero attached hydrogens (tertiary/aromatic N) is 2. The van der Waals surface area contributed by atoms with Crippen LogP contribution in [0.15, 0.2) is 31.9 Å². The van der Waals surface area contributed by atoms with Gasteiger partial charge in [0.2, 0.25) is 0 Å². The fraction of sp³-hybridized carbons (Fsp3) is 0.421. The first-order valence-electron chi connectivity index (χ1n) is 9.10. The number of methoxy groups -OCH3 is 1. The molecule has 8 nitrogen and oxygen atoms in total. The van der Waals surface area contributed by atoms with Crippen molar-refractivity contribution in [3.63, 3.8) is 0 Å². The van der Waals surface area contributed by atoms with Gasteiger partial charge in [0, 0.05) is 18.6 Å². The molecule has 1 aliphatic rings. The molecule has 0 amide bonds. The summed E-state index contributed by atoms with van der Waals surface area (Å²) >= 11 is 6.29. The molecule has 1 aliphatic carbocycles. The molecule has 3 aromatic rings. The van der Waals surface area contributed by atoms with Crippen LogP contribution in [0.2, 0.25) is 5.02 Å². The number of halogens is 1. The molecular weight excluding hydrogens is 386 g/mol. The smallest absolute Gasteiger partial charge is 0.439 e. The standard InChI is InChI=1S/C19H20ClN3O5/c1-25-9-15-16(27-18(21-15)11-4-2-3-5-11)10-26-12-6-7-13(14(20)8-12)17-22-19(24)28-23-17/h6-8,11H,2-5,9-10H2,1H3,(H,22,23,24). The van der Waals surface area contributed by atoms with Crippen LogP contribution in [0.5, 0.6) is 5.75 Å². The second-order valence-electron chi connectivity index (χ2n) is 6.71. The molecule has 0 spiro atoms. The second-order valence-corrected chi connectivity index (χ2v) is 7.12. The zero-order chi connectivity index (χ0) is 19.5. The van der Waals surface area contributed by atoms with Crippen molar-refractivity contribution in [1.82, 2.24) is 15.1 Å². The monoisotopic (exact) mass is 405 g/mol. The van der Waals surface area contributed by atoms with Crippen LogP contribution in [-0.4, -0.2) is 22.2 Å². The maximum Gasteiger partial charge on any atom is 0.439 e. The van der Waals surface area contributed by atoms with Gasteiger partial charge in [-0.15, -0.1) is 0 Å². The Kier molecular flexibility index (Phi) is 5.50. The van der Waals surface area contributed by atoms with Crippen molar-refractivity contribution >= 4 is 11.6 Å². The molecule has 1 saturated carbocycles. The highest BCUT2D eigenvalue weighted by molar-refractivity contribution is 6.33. The van der Waals surface area contributed by atoms with Crippen LogP contribution in [0.4, 0.5) is 0 Å². The maximum atomic E-state index is 11.1. The van der Waals surface area contributed by atoms with Gasteiger partial charge < -0.3 is 13.9 Å². The third-order valence-corrected chi connectivity index (χ3v) is 5.10. The molecule has 28 heavy (non-hydrogen) atoms. The van der Waals surface area contributed by atoms with Gasteiger partial charge in [-0.1, -0.05) is 29.6 Å². The number of ether oxygens (including phenoxy) is 2. The van der Waals surface area contributed by atoms with Crippen LogP contribution in [0.1, 0.15) is 48.9 Å². The number of H-pyrrole nitrogens is 1. The first kappa shape index (κ1) is 18.8. The number of hydrogen-bond acceptors (Lipinski definition) is 7. The quantitative estimate of drug-likeness (QED) is 0.632. The van der Waals surface area contributed by atoms with Crippen molar-refractivity contribution in [2.24, 2.45) is 0 Å². The van der Waals surface area contributed by atoms with E-state index in [0.29, 0.717) is 34.6 Å². The van der Waals surface area contributed by atoms with Gasteiger partial charge in [-0.2, -0.15) is 0 Å². The van der Waals surface area contributed by atoms with Gasteiger partial charge in [-0.3, -0.25) is 9.51 Å². The van der Waals surface area contributed by atoms with Crippen molar-refractivity contribution in [3.05, 3.63) is 51.1 Å². The van der Waals surface area contributed by atoms with E-state index in [9.17, 15) is 4.79 Å². The van der Waals surface area contributed by atoms with Crippen LogP contribution < -0.4 is 10.5 Å². The van der Waals surface area contributed by atoms with Crippen molar-refractivity contribution in [3.8, 4) is 17.1 Å². The van der Waals surface area contributed by atoms with E-state index in [1.165, 1.54) is 12.8 Å². The Morgan fingerprint density at radius 1 is 1.29 bits per heavy atom. The number of hydrogen-bond donors (Lipinski definition) is 1. The number of aromatic amines is 1. The summed E-state index contributed by atoms with van der Waals surface area (Å²) in [6.07, 6.45) is 4.63. The van der Waals surface area contributed by atoms with Crippen LogP contribution in [0, 0.1) is 0 Å². The zero-order valence-corrected chi connectivity index (χ0v) is 16.1. The van der Waals surface area contributed by atoms with E-state index in [-0.39, 0.29) is 12.4 Å². The molecular formula is C19H20ClN3O5. The van der Waals surface area contributed by atoms with Crippen molar-refractivity contribution in [2.45, 2.75) is 44.8 Å². The average Bonchev–Trinajstić information content (AvgIpc) is 3.41. The second kappa shape index (κ2) is 8.20. The summed E-state index contributed by atoms with van der Waals surface area (Å²) in [5, 5.41) is 4.02. The zero-order valence-electron chi connectivity index (χ0n) is 15.4. The molecule has 0 aliphatic heterocycles. The topological polar surface area (TPSA) is 103 Å². The Labute approximate surface area is 165 Å². The van der Waals surface area contributed by atoms with Gasteiger partial charge in [-0.25, -0.2) is 9.78 Å². The third kappa shape index (κ3) is 3.98. The summed E-state index contributed by atoms with van der Waals surface area (Å²) in [5.41, 5.74) is 1.30. The SMILES string of the molecule is COCc1nc(C2CCCC2)oc1COc1ccc(-c2noc(=O)[nH]2)c(Cl)c1. The Balaban J connectivity index is 1.49. The van der Waals surface area contributed by atoms with Gasteiger partial charge in [0.1, 0.15) is 18.1 Å². The molecule has 1 fully saturated rings. The van der Waals surface area contributed by atoms with E-state index >= 15 is 0 Å². The van der Waals surface area contributed by atoms with E-state index in [0.717, 1.165) is 24.4 Å². The van der Waals surface area contributed by atoms with Gasteiger partial charge >= 0.3 is 5.76 Å². The molecule has 0 unspecified atom stereocenters. The summed E-state index contributed by atoms with van der Waals surface area (Å²) in [4.78, 5) is 18.2. The van der Waals surface area contributed by atoms with Crippen molar-refractivity contribution in [2.75, 3.05) is 7.11 Å². The van der Waals surface area contributed by atoms with E-state index in [4.69, 9.17) is 25.5 Å². The molecule has 2 aromatic heterocycles. The summed E-state index contributed by atoms with van der Waals surface area (Å²) in [6.45, 7) is 0.586. The molecule has 1 aromatic carbocycles. The summed E-state index contributed by atoms with van der Waals surface area (Å²) in [5.74, 6) is 1.99. The fourth-order valence-electron chi connectivity index (χ4n) is 3.39. The van der Waals surface area contributed by atoms with Crippen molar-refractivity contribution in [1.29, 1.82) is 0 Å². The lowest BCUT2D eigenvalue weighted by atomic mass is 10.1. The lowest BCUT2D eigenvalue weighted by Crippen LogP contribution is -2.00. The molecule has 0 saturated heterocycles. The van der Waals surface area contributed by atoms with E-state index < -0.39 is 5.76 Å². The minimum absolute atomic E-state index is 0.217. The number of aromatic nitrogens is 3. The van der Waals surface area contributed by atoms with Gasteiger partial charge in [0.05, 0.1) is 11.6 Å². The third-order valence-electron chi connectivity index (χ3n) is 4.79. The Morgan fingerprint density at radius 2 is 2.11 bits per heavy atom. The highest BCUT2D eigenvalue weighted by atomic mass is 35.5. The van der Waals surface area contributed by atoms with Crippen LogP contribution in [0.3, 0.4) is 0 Å². The van der Waals surface area contributed by atoms with Gasteiger partial charge in [0.25, 0.3) is 0 Å². The average molecular weight is 406 g/mol. The Morgan fingerprint density at radius 3 is 2.79 bits per heavy atom. The number of benzene rings is 1. The molecule has 0 atom stereocenters. The summed E-state index contributed by atoms with van der Waals surface area (Å²) < 4.78 is 21.6. The van der Waals surface area contributed by atoms with Crippen molar-refractivity contribution < 1.29 is 18.4 Å². The highest BCUT2D eigenvalue weighted by Crippen LogP contribution is 2.35. The lowest BCUT2D eigenvalue weighted by Gasteiger charge is -2.07. The van der Waals surface area contributed by atoms with Crippen LogP contribution in [-0.2, 0) is 18.0 Å². The number of oxazole rings is 1. The normalized spacial score (nSPS) is 14.6.